The van der Waals surface area contributed by atoms with Crippen molar-refractivity contribution in [3.8, 4) is 0 Å². The first-order valence-corrected chi connectivity index (χ1v) is 8.32. The molecule has 21 heavy (non-hydrogen) atoms. The molecule has 1 heterocycles. The highest BCUT2D eigenvalue weighted by Gasteiger charge is 2.46. The van der Waals surface area contributed by atoms with E-state index >= 15 is 0 Å². The van der Waals surface area contributed by atoms with Crippen molar-refractivity contribution in [1.29, 1.82) is 0 Å². The molecule has 0 aromatic heterocycles. The van der Waals surface area contributed by atoms with E-state index in [4.69, 9.17) is 4.74 Å². The Kier molecular flexibility index (Phi) is 5.56. The van der Waals surface area contributed by atoms with E-state index in [2.05, 4.69) is 0 Å². The molecule has 0 saturated carbocycles. The average molecular weight is 306 g/mol. The third-order valence-electron chi connectivity index (χ3n) is 3.51. The van der Waals surface area contributed by atoms with Crippen molar-refractivity contribution in [2.24, 2.45) is 5.92 Å². The topological polar surface area (TPSA) is 60.4 Å². The molecular weight excluding hydrogens is 288 g/mol. The first-order valence-electron chi connectivity index (χ1n) is 6.93. The fraction of sp³-hybridized carbons (Fsp3) is 0.438. The van der Waals surface area contributed by atoms with E-state index in [0.717, 1.165) is 5.56 Å². The number of hydrogen-bond acceptors (Lipinski definition) is 5. The molecule has 112 valence electrons. The van der Waals surface area contributed by atoms with E-state index in [0.29, 0.717) is 18.6 Å². The Morgan fingerprint density at radius 2 is 1.95 bits per heavy atom. The first-order chi connectivity index (χ1) is 10.1. The molecule has 1 aromatic carbocycles. The van der Waals surface area contributed by atoms with Crippen molar-refractivity contribution in [1.82, 2.24) is 0 Å². The number of cyclic esters (lactones) is 1. The molecule has 5 heteroatoms. The van der Waals surface area contributed by atoms with Crippen molar-refractivity contribution in [2.75, 3.05) is 12.0 Å². The van der Waals surface area contributed by atoms with Crippen LogP contribution in [0.2, 0.25) is 0 Å². The van der Waals surface area contributed by atoms with E-state index in [9.17, 15) is 14.4 Å². The second-order valence-electron chi connectivity index (χ2n) is 4.99. The molecule has 1 saturated heterocycles. The fourth-order valence-corrected chi connectivity index (χ4v) is 2.75. The van der Waals surface area contributed by atoms with E-state index in [1.165, 1.54) is 11.8 Å². The zero-order chi connectivity index (χ0) is 15.2. The molecule has 2 unspecified atom stereocenters. The Bertz CT molecular complexity index is 526. The van der Waals surface area contributed by atoms with Gasteiger partial charge in [-0.25, -0.2) is 0 Å². The van der Waals surface area contributed by atoms with Crippen LogP contribution < -0.4 is 0 Å². The summed E-state index contributed by atoms with van der Waals surface area (Å²) in [4.78, 5) is 35.8. The van der Waals surface area contributed by atoms with Crippen LogP contribution in [0.5, 0.6) is 0 Å². The number of thioether (sulfide) groups is 1. The van der Waals surface area contributed by atoms with Gasteiger partial charge in [-0.3, -0.25) is 14.4 Å². The molecular formula is C16H18O4S. The molecule has 1 aromatic rings. The Morgan fingerprint density at radius 1 is 1.24 bits per heavy atom. The number of benzene rings is 1. The van der Waals surface area contributed by atoms with Crippen molar-refractivity contribution in [3.05, 3.63) is 35.9 Å². The number of ketones is 2. The molecule has 4 nitrogen and oxygen atoms in total. The summed E-state index contributed by atoms with van der Waals surface area (Å²) in [6, 6.07) is 9.69. The molecule has 1 aliphatic heterocycles. The van der Waals surface area contributed by atoms with E-state index in [1.54, 1.807) is 0 Å². The SMILES string of the molecule is CSCCC(=O)C1C(=O)OC(CCc2ccccc2)C1=O. The molecule has 2 rings (SSSR count). The highest BCUT2D eigenvalue weighted by atomic mass is 32.2. The number of ether oxygens (including phenoxy) is 1. The summed E-state index contributed by atoms with van der Waals surface area (Å²) < 4.78 is 5.09. The van der Waals surface area contributed by atoms with Gasteiger partial charge in [0.05, 0.1) is 0 Å². The van der Waals surface area contributed by atoms with E-state index < -0.39 is 18.0 Å². The standard InChI is InChI=1S/C16H18O4S/c1-21-10-9-12(17)14-15(18)13(20-16(14)19)8-7-11-5-3-2-4-6-11/h2-6,13-14H,7-10H2,1H3. The average Bonchev–Trinajstić information content (AvgIpc) is 2.78. The second kappa shape index (κ2) is 7.41. The van der Waals surface area contributed by atoms with Crippen molar-refractivity contribution in [3.63, 3.8) is 0 Å². The lowest BCUT2D eigenvalue weighted by Crippen LogP contribution is -2.28. The highest BCUT2D eigenvalue weighted by Crippen LogP contribution is 2.23. The quantitative estimate of drug-likeness (QED) is 0.570. The largest absolute Gasteiger partial charge is 0.453 e. The van der Waals surface area contributed by atoms with Gasteiger partial charge in [-0.15, -0.1) is 0 Å². The lowest BCUT2D eigenvalue weighted by molar-refractivity contribution is -0.146. The van der Waals surface area contributed by atoms with Crippen LogP contribution in [0.4, 0.5) is 0 Å². The molecule has 0 N–H and O–H groups in total. The number of rotatable bonds is 7. The Hall–Kier alpha value is -1.62. The van der Waals surface area contributed by atoms with Crippen LogP contribution in [0, 0.1) is 5.92 Å². The minimum Gasteiger partial charge on any atom is -0.453 e. The van der Waals surface area contributed by atoms with Gasteiger partial charge in [-0.05, 0) is 30.4 Å². The second-order valence-corrected chi connectivity index (χ2v) is 5.98. The minimum absolute atomic E-state index is 0.234. The number of hydrogen-bond donors (Lipinski definition) is 0. The monoisotopic (exact) mass is 306 g/mol. The summed E-state index contributed by atoms with van der Waals surface area (Å²) in [6.07, 6.45) is 2.42. The van der Waals surface area contributed by atoms with Crippen LogP contribution >= 0.6 is 11.8 Å². The van der Waals surface area contributed by atoms with Crippen LogP contribution in [-0.4, -0.2) is 35.6 Å². The zero-order valence-corrected chi connectivity index (χ0v) is 12.7. The smallest absolute Gasteiger partial charge is 0.325 e. The fourth-order valence-electron chi connectivity index (χ4n) is 2.35. The molecule has 2 atom stereocenters. The third kappa shape index (κ3) is 3.94. The number of Topliss-reactive ketones (excluding diaryl/α,β-unsaturated/α-hetero) is 2. The van der Waals surface area contributed by atoms with Gasteiger partial charge < -0.3 is 4.74 Å². The number of esters is 1. The number of aryl methyl sites for hydroxylation is 1. The van der Waals surface area contributed by atoms with E-state index in [-0.39, 0.29) is 18.0 Å². The maximum Gasteiger partial charge on any atom is 0.325 e. The van der Waals surface area contributed by atoms with Gasteiger partial charge in [-0.1, -0.05) is 30.3 Å². The molecule has 1 aliphatic rings. The predicted molar refractivity (Wildman–Crippen MR) is 81.1 cm³/mol. The summed E-state index contributed by atoms with van der Waals surface area (Å²) in [5, 5.41) is 0. The normalized spacial score (nSPS) is 21.4. The van der Waals surface area contributed by atoms with Crippen LogP contribution in [0.15, 0.2) is 30.3 Å². The van der Waals surface area contributed by atoms with Crippen molar-refractivity contribution >= 4 is 29.3 Å². The van der Waals surface area contributed by atoms with Crippen molar-refractivity contribution < 1.29 is 19.1 Å². The first kappa shape index (κ1) is 15.8. The third-order valence-corrected chi connectivity index (χ3v) is 4.12. The summed E-state index contributed by atoms with van der Waals surface area (Å²) in [5.74, 6) is -1.95. The van der Waals surface area contributed by atoms with Crippen LogP contribution in [0.1, 0.15) is 18.4 Å². The minimum atomic E-state index is -1.20. The van der Waals surface area contributed by atoms with Gasteiger partial charge in [0.25, 0.3) is 0 Å². The molecule has 0 bridgehead atoms. The summed E-state index contributed by atoms with van der Waals surface area (Å²) in [5.41, 5.74) is 1.08. The zero-order valence-electron chi connectivity index (χ0n) is 11.9. The van der Waals surface area contributed by atoms with Gasteiger partial charge in [0.1, 0.15) is 0 Å². The molecule has 0 spiro atoms. The number of carbonyl (C=O) groups is 3. The lowest BCUT2D eigenvalue weighted by Gasteiger charge is -2.07. The van der Waals surface area contributed by atoms with Gasteiger partial charge in [-0.2, -0.15) is 11.8 Å². The summed E-state index contributed by atoms with van der Waals surface area (Å²) >= 11 is 1.52. The van der Waals surface area contributed by atoms with Crippen LogP contribution in [-0.2, 0) is 25.5 Å². The highest BCUT2D eigenvalue weighted by molar-refractivity contribution is 7.98. The number of carbonyl (C=O) groups excluding carboxylic acids is 3. The van der Waals surface area contributed by atoms with Crippen LogP contribution in [0.3, 0.4) is 0 Å². The molecule has 0 amide bonds. The summed E-state index contributed by atoms with van der Waals surface area (Å²) in [7, 11) is 0. The predicted octanol–water partition coefficient (Wildman–Crippen LogP) is 2.05. The molecule has 0 aliphatic carbocycles. The van der Waals surface area contributed by atoms with Gasteiger partial charge in [0, 0.05) is 6.42 Å². The van der Waals surface area contributed by atoms with E-state index in [1.807, 2.05) is 36.6 Å². The Morgan fingerprint density at radius 3 is 2.62 bits per heavy atom. The molecule has 0 radical (unpaired) electrons. The van der Waals surface area contributed by atoms with Gasteiger partial charge in [0.15, 0.2) is 23.6 Å². The Balaban J connectivity index is 1.93. The van der Waals surface area contributed by atoms with Gasteiger partial charge >= 0.3 is 5.97 Å². The lowest BCUT2D eigenvalue weighted by atomic mass is 9.94. The Labute approximate surface area is 128 Å². The molecule has 1 fully saturated rings. The summed E-state index contributed by atoms with van der Waals surface area (Å²) in [6.45, 7) is 0. The van der Waals surface area contributed by atoms with Crippen LogP contribution in [0.25, 0.3) is 0 Å². The maximum absolute atomic E-state index is 12.2. The maximum atomic E-state index is 12.2. The van der Waals surface area contributed by atoms with Crippen molar-refractivity contribution in [2.45, 2.75) is 25.4 Å². The van der Waals surface area contributed by atoms with Gasteiger partial charge in [0.2, 0.25) is 0 Å².